The molecule has 106 valence electrons. The summed E-state index contributed by atoms with van der Waals surface area (Å²) in [4.78, 5) is 2.49. The first-order chi connectivity index (χ1) is 9.40. The monoisotopic (exact) mass is 352 g/mol. The van der Waals surface area contributed by atoms with Gasteiger partial charge in [-0.1, -0.05) is 40.3 Å². The first kappa shape index (κ1) is 15.0. The van der Waals surface area contributed by atoms with Gasteiger partial charge in [0.1, 0.15) is 10.8 Å². The zero-order valence-corrected chi connectivity index (χ0v) is 14.1. The smallest absolute Gasteiger partial charge is 0.137 e. The number of rotatable bonds is 4. The Morgan fingerprint density at radius 2 is 2.00 bits per heavy atom. The fraction of sp³-hybridized carbons (Fsp3) is 0.286. The highest BCUT2D eigenvalue weighted by Crippen LogP contribution is 2.24. The van der Waals surface area contributed by atoms with Crippen LogP contribution in [0.1, 0.15) is 16.8 Å². The van der Waals surface area contributed by atoms with Crippen molar-refractivity contribution in [2.45, 2.75) is 13.5 Å². The maximum Gasteiger partial charge on any atom is 0.137 e. The largest absolute Gasteiger partial charge is 0.389 e. The molecule has 1 aromatic carbocycles. The van der Waals surface area contributed by atoms with Crippen LogP contribution in [0.15, 0.2) is 28.7 Å². The number of halogens is 1. The van der Waals surface area contributed by atoms with Crippen molar-refractivity contribution in [2.75, 3.05) is 11.9 Å². The Labute approximate surface area is 132 Å². The maximum absolute atomic E-state index is 5.83. The average Bonchev–Trinajstić information content (AvgIpc) is 2.67. The number of aromatic nitrogens is 2. The van der Waals surface area contributed by atoms with E-state index in [1.165, 1.54) is 5.56 Å². The molecule has 0 fully saturated rings. The van der Waals surface area contributed by atoms with E-state index in [1.54, 1.807) is 0 Å². The molecule has 6 heteroatoms. The van der Waals surface area contributed by atoms with Crippen molar-refractivity contribution in [3.8, 4) is 0 Å². The fourth-order valence-electron chi connectivity index (χ4n) is 2.31. The van der Waals surface area contributed by atoms with Crippen LogP contribution in [0.3, 0.4) is 0 Å². The van der Waals surface area contributed by atoms with E-state index in [9.17, 15) is 0 Å². The van der Waals surface area contributed by atoms with Gasteiger partial charge in [-0.25, -0.2) is 0 Å². The number of hydrogen-bond donors (Lipinski definition) is 1. The van der Waals surface area contributed by atoms with Gasteiger partial charge in [0, 0.05) is 25.1 Å². The number of hydrogen-bond acceptors (Lipinski definition) is 3. The van der Waals surface area contributed by atoms with Crippen molar-refractivity contribution in [1.29, 1.82) is 0 Å². The normalized spacial score (nSPS) is 10.6. The third-order valence-electron chi connectivity index (χ3n) is 3.13. The summed E-state index contributed by atoms with van der Waals surface area (Å²) in [5.74, 6) is 0.943. The van der Waals surface area contributed by atoms with E-state index >= 15 is 0 Å². The molecule has 0 saturated heterocycles. The van der Waals surface area contributed by atoms with E-state index in [4.69, 9.17) is 18.0 Å². The van der Waals surface area contributed by atoms with E-state index in [-0.39, 0.29) is 0 Å². The van der Waals surface area contributed by atoms with Crippen LogP contribution in [0.4, 0.5) is 5.82 Å². The van der Waals surface area contributed by atoms with Gasteiger partial charge in [0.2, 0.25) is 0 Å². The molecule has 2 aromatic rings. The molecule has 0 atom stereocenters. The standard InChI is InChI=1S/C14H17BrN4S/c1-9-12(13(16)20)14(19(3)17-9)18(2)8-10-4-6-11(15)7-5-10/h4-7H,8H2,1-3H3,(H2,16,20). The van der Waals surface area contributed by atoms with Gasteiger partial charge in [0.05, 0.1) is 11.3 Å². The molecule has 2 N–H and O–H groups in total. The molecule has 0 bridgehead atoms. The number of benzene rings is 1. The summed E-state index contributed by atoms with van der Waals surface area (Å²) in [6, 6.07) is 8.24. The van der Waals surface area contributed by atoms with E-state index in [1.807, 2.05) is 37.8 Å². The van der Waals surface area contributed by atoms with Crippen molar-refractivity contribution < 1.29 is 0 Å². The van der Waals surface area contributed by atoms with Crippen molar-refractivity contribution in [2.24, 2.45) is 12.8 Å². The minimum absolute atomic E-state index is 0.383. The van der Waals surface area contributed by atoms with Crippen LogP contribution in [0.2, 0.25) is 0 Å². The Kier molecular flexibility index (Phi) is 4.45. The van der Waals surface area contributed by atoms with Gasteiger partial charge < -0.3 is 10.6 Å². The van der Waals surface area contributed by atoms with Crippen LogP contribution in [0.25, 0.3) is 0 Å². The van der Waals surface area contributed by atoms with E-state index in [2.05, 4.69) is 38.1 Å². The van der Waals surface area contributed by atoms with Gasteiger partial charge in [-0.15, -0.1) is 0 Å². The van der Waals surface area contributed by atoms with Crippen LogP contribution >= 0.6 is 28.1 Å². The zero-order valence-electron chi connectivity index (χ0n) is 11.7. The summed E-state index contributed by atoms with van der Waals surface area (Å²) >= 11 is 8.58. The molecule has 1 heterocycles. The van der Waals surface area contributed by atoms with Crippen molar-refractivity contribution >= 4 is 39.0 Å². The SMILES string of the molecule is Cc1nn(C)c(N(C)Cc2ccc(Br)cc2)c1C(N)=S. The van der Waals surface area contributed by atoms with Gasteiger partial charge in [0.25, 0.3) is 0 Å². The maximum atomic E-state index is 5.83. The summed E-state index contributed by atoms with van der Waals surface area (Å²) in [5.41, 5.74) is 8.74. The summed E-state index contributed by atoms with van der Waals surface area (Å²) < 4.78 is 2.90. The van der Waals surface area contributed by atoms with Gasteiger partial charge in [0.15, 0.2) is 0 Å². The molecule has 0 amide bonds. The molecule has 4 nitrogen and oxygen atoms in total. The Balaban J connectivity index is 2.31. The Hall–Kier alpha value is -1.40. The highest BCUT2D eigenvalue weighted by Gasteiger charge is 2.18. The van der Waals surface area contributed by atoms with Gasteiger partial charge in [-0.05, 0) is 24.6 Å². The molecule has 2 rings (SSSR count). The predicted octanol–water partition coefficient (Wildman–Crippen LogP) is 2.76. The molecule has 0 saturated carbocycles. The summed E-state index contributed by atoms with van der Waals surface area (Å²) in [5, 5.41) is 4.41. The molecule has 0 spiro atoms. The first-order valence-corrected chi connectivity index (χ1v) is 7.39. The van der Waals surface area contributed by atoms with Crippen LogP contribution in [0, 0.1) is 6.92 Å². The lowest BCUT2D eigenvalue weighted by molar-refractivity contribution is 0.726. The second-order valence-electron chi connectivity index (χ2n) is 4.75. The van der Waals surface area contributed by atoms with Gasteiger partial charge in [-0.3, -0.25) is 4.68 Å². The molecule has 1 aromatic heterocycles. The van der Waals surface area contributed by atoms with Crippen molar-refractivity contribution in [3.63, 3.8) is 0 Å². The number of thiocarbonyl (C=S) groups is 1. The highest BCUT2D eigenvalue weighted by molar-refractivity contribution is 9.10. The summed E-state index contributed by atoms with van der Waals surface area (Å²) in [6.45, 7) is 2.69. The highest BCUT2D eigenvalue weighted by atomic mass is 79.9. The molecule has 0 radical (unpaired) electrons. The number of anilines is 1. The lowest BCUT2D eigenvalue weighted by Crippen LogP contribution is -2.23. The third-order valence-corrected chi connectivity index (χ3v) is 3.87. The number of nitrogens with zero attached hydrogens (tertiary/aromatic N) is 3. The van der Waals surface area contributed by atoms with E-state index < -0.39 is 0 Å². The predicted molar refractivity (Wildman–Crippen MR) is 90.1 cm³/mol. The van der Waals surface area contributed by atoms with Crippen LogP contribution in [-0.4, -0.2) is 21.8 Å². The topological polar surface area (TPSA) is 47.1 Å². The van der Waals surface area contributed by atoms with Crippen molar-refractivity contribution in [3.05, 3.63) is 45.6 Å². The van der Waals surface area contributed by atoms with Crippen LogP contribution in [0.5, 0.6) is 0 Å². The Morgan fingerprint density at radius 1 is 1.40 bits per heavy atom. The molecule has 0 aliphatic rings. The van der Waals surface area contributed by atoms with Gasteiger partial charge in [-0.2, -0.15) is 5.10 Å². The molecule has 0 aliphatic heterocycles. The minimum atomic E-state index is 0.383. The minimum Gasteiger partial charge on any atom is -0.389 e. The second kappa shape index (κ2) is 5.93. The number of nitrogens with two attached hydrogens (primary N) is 1. The molecule has 20 heavy (non-hydrogen) atoms. The number of aryl methyl sites for hydroxylation is 2. The Bertz CT molecular complexity index is 633. The van der Waals surface area contributed by atoms with Crippen molar-refractivity contribution in [1.82, 2.24) is 9.78 Å². The van der Waals surface area contributed by atoms with Gasteiger partial charge >= 0.3 is 0 Å². The second-order valence-corrected chi connectivity index (χ2v) is 6.11. The van der Waals surface area contributed by atoms with Crippen LogP contribution < -0.4 is 10.6 Å². The average molecular weight is 353 g/mol. The zero-order chi connectivity index (χ0) is 14.9. The molecule has 0 unspecified atom stereocenters. The summed E-state index contributed by atoms with van der Waals surface area (Å²) in [7, 11) is 3.92. The third kappa shape index (κ3) is 3.02. The van der Waals surface area contributed by atoms with Crippen LogP contribution in [-0.2, 0) is 13.6 Å². The lowest BCUT2D eigenvalue weighted by atomic mass is 10.2. The first-order valence-electron chi connectivity index (χ1n) is 6.19. The van der Waals surface area contributed by atoms with E-state index in [0.717, 1.165) is 28.1 Å². The Morgan fingerprint density at radius 3 is 2.55 bits per heavy atom. The molecular weight excluding hydrogens is 336 g/mol. The lowest BCUT2D eigenvalue weighted by Gasteiger charge is -2.21. The molecular formula is C14H17BrN4S. The van der Waals surface area contributed by atoms with E-state index in [0.29, 0.717) is 4.99 Å². The summed E-state index contributed by atoms with van der Waals surface area (Å²) in [6.07, 6.45) is 0. The fourth-order valence-corrected chi connectivity index (χ4v) is 2.81. The quantitative estimate of drug-likeness (QED) is 0.859. The molecule has 0 aliphatic carbocycles.